The first-order valence-electron chi connectivity index (χ1n) is 6.82. The van der Waals surface area contributed by atoms with Gasteiger partial charge < -0.3 is 10.0 Å². The maximum absolute atomic E-state index is 12.5. The monoisotopic (exact) mass is 309 g/mol. The van der Waals surface area contributed by atoms with Crippen molar-refractivity contribution in [1.82, 2.24) is 14.5 Å². The highest BCUT2D eigenvalue weighted by molar-refractivity contribution is 7.99. The van der Waals surface area contributed by atoms with Crippen molar-refractivity contribution >= 4 is 23.6 Å². The fraction of sp³-hybridized carbons (Fsp3) is 0.538. The highest BCUT2D eigenvalue weighted by Crippen LogP contribution is 2.22. The van der Waals surface area contributed by atoms with E-state index in [-0.39, 0.29) is 17.7 Å². The summed E-state index contributed by atoms with van der Waals surface area (Å²) in [7, 11) is 0. The lowest BCUT2D eigenvalue weighted by atomic mass is 9.98. The van der Waals surface area contributed by atoms with Crippen LogP contribution in [0.15, 0.2) is 16.1 Å². The zero-order valence-electron chi connectivity index (χ0n) is 11.3. The molecular weight excluding hydrogens is 294 g/mol. The standard InChI is InChI=1S/C13H15N3O4S/c17-10(15-3-1-2-8(7-15)12(19)20)9-6-14-13-16(11(9)18)4-5-21-13/h6,8H,1-5,7H2,(H,19,20)/t8-/m0/s1. The molecule has 0 aliphatic carbocycles. The summed E-state index contributed by atoms with van der Waals surface area (Å²) in [5.74, 6) is -1.08. The number of carboxylic acids is 1. The molecule has 3 heterocycles. The number of carboxylic acid groups (broad SMARTS) is 1. The molecule has 0 spiro atoms. The number of carbonyl (C=O) groups is 2. The van der Waals surface area contributed by atoms with E-state index in [9.17, 15) is 14.4 Å². The van der Waals surface area contributed by atoms with Crippen molar-refractivity contribution in [2.45, 2.75) is 24.5 Å². The Balaban J connectivity index is 1.86. The molecule has 21 heavy (non-hydrogen) atoms. The van der Waals surface area contributed by atoms with Crippen molar-refractivity contribution in [3.05, 3.63) is 22.1 Å². The van der Waals surface area contributed by atoms with Crippen LogP contribution in [0.4, 0.5) is 0 Å². The summed E-state index contributed by atoms with van der Waals surface area (Å²) < 4.78 is 1.51. The minimum atomic E-state index is -0.896. The van der Waals surface area contributed by atoms with Gasteiger partial charge >= 0.3 is 5.97 Å². The lowest BCUT2D eigenvalue weighted by molar-refractivity contribution is -0.143. The van der Waals surface area contributed by atoms with E-state index in [4.69, 9.17) is 5.11 Å². The molecule has 1 amide bonds. The van der Waals surface area contributed by atoms with Crippen LogP contribution in [0.5, 0.6) is 0 Å². The van der Waals surface area contributed by atoms with Gasteiger partial charge in [0.15, 0.2) is 5.16 Å². The van der Waals surface area contributed by atoms with Gasteiger partial charge in [-0.2, -0.15) is 0 Å². The first-order valence-corrected chi connectivity index (χ1v) is 7.81. The Morgan fingerprint density at radius 3 is 2.95 bits per heavy atom. The molecular formula is C13H15N3O4S. The summed E-state index contributed by atoms with van der Waals surface area (Å²) in [6, 6.07) is 0. The summed E-state index contributed by atoms with van der Waals surface area (Å²) in [5, 5.41) is 9.71. The number of rotatable bonds is 2. The van der Waals surface area contributed by atoms with Gasteiger partial charge in [-0.25, -0.2) is 4.98 Å². The number of amides is 1. The molecule has 0 bridgehead atoms. The summed E-state index contributed by atoms with van der Waals surface area (Å²) in [4.78, 5) is 41.4. The number of fused-ring (bicyclic) bond motifs is 1. The van der Waals surface area contributed by atoms with E-state index in [0.29, 0.717) is 31.1 Å². The van der Waals surface area contributed by atoms with Crippen LogP contribution in [0.3, 0.4) is 0 Å². The first-order chi connectivity index (χ1) is 10.1. The second kappa shape index (κ2) is 5.51. The van der Waals surface area contributed by atoms with E-state index in [0.717, 1.165) is 5.75 Å². The van der Waals surface area contributed by atoms with Crippen LogP contribution >= 0.6 is 11.8 Å². The number of thioether (sulfide) groups is 1. The van der Waals surface area contributed by atoms with Crippen LogP contribution in [0.1, 0.15) is 23.2 Å². The van der Waals surface area contributed by atoms with Gasteiger partial charge in [-0.15, -0.1) is 0 Å². The van der Waals surface area contributed by atoms with Gasteiger partial charge in [0.1, 0.15) is 5.56 Å². The van der Waals surface area contributed by atoms with Crippen LogP contribution in [-0.4, -0.2) is 50.3 Å². The molecule has 1 saturated heterocycles. The lowest BCUT2D eigenvalue weighted by Crippen LogP contribution is -2.44. The van der Waals surface area contributed by atoms with Crippen LogP contribution in [0.25, 0.3) is 0 Å². The fourth-order valence-corrected chi connectivity index (χ4v) is 3.61. The number of carbonyl (C=O) groups excluding carboxylic acids is 1. The molecule has 2 aliphatic heterocycles. The molecule has 2 aliphatic rings. The molecule has 0 saturated carbocycles. The highest BCUT2D eigenvalue weighted by atomic mass is 32.2. The lowest BCUT2D eigenvalue weighted by Gasteiger charge is -2.30. The zero-order chi connectivity index (χ0) is 15.0. The summed E-state index contributed by atoms with van der Waals surface area (Å²) >= 11 is 1.49. The van der Waals surface area contributed by atoms with Crippen molar-refractivity contribution in [2.24, 2.45) is 5.92 Å². The Kier molecular flexibility index (Phi) is 3.71. The average Bonchev–Trinajstić information content (AvgIpc) is 2.96. The number of nitrogens with zero attached hydrogens (tertiary/aromatic N) is 3. The van der Waals surface area contributed by atoms with Crippen LogP contribution in [0.2, 0.25) is 0 Å². The molecule has 0 radical (unpaired) electrons. The van der Waals surface area contributed by atoms with E-state index >= 15 is 0 Å². The molecule has 0 aromatic carbocycles. The maximum Gasteiger partial charge on any atom is 0.308 e. The summed E-state index contributed by atoms with van der Waals surface area (Å²) in [6.07, 6.45) is 2.52. The van der Waals surface area contributed by atoms with Crippen molar-refractivity contribution in [3.8, 4) is 0 Å². The van der Waals surface area contributed by atoms with Crippen LogP contribution in [-0.2, 0) is 11.3 Å². The van der Waals surface area contributed by atoms with E-state index in [2.05, 4.69) is 4.98 Å². The number of hydrogen-bond donors (Lipinski definition) is 1. The number of aliphatic carboxylic acids is 1. The molecule has 8 heteroatoms. The van der Waals surface area contributed by atoms with Crippen molar-refractivity contribution in [2.75, 3.05) is 18.8 Å². The molecule has 1 aromatic heterocycles. The van der Waals surface area contributed by atoms with Crippen molar-refractivity contribution < 1.29 is 14.7 Å². The average molecular weight is 309 g/mol. The second-order valence-corrected chi connectivity index (χ2v) is 6.25. The third kappa shape index (κ3) is 2.55. The predicted octanol–water partition coefficient (Wildman–Crippen LogP) is 0.286. The van der Waals surface area contributed by atoms with Gasteiger partial charge in [0, 0.05) is 31.6 Å². The SMILES string of the molecule is O=C(O)[C@H]1CCCN(C(=O)c2cnc3n(c2=O)CCS3)C1. The van der Waals surface area contributed by atoms with E-state index in [1.807, 2.05) is 0 Å². The number of hydrogen-bond acceptors (Lipinski definition) is 5. The Morgan fingerprint density at radius 2 is 2.19 bits per heavy atom. The molecule has 1 aromatic rings. The molecule has 0 unspecified atom stereocenters. The predicted molar refractivity (Wildman–Crippen MR) is 75.5 cm³/mol. The number of piperidine rings is 1. The number of aromatic nitrogens is 2. The summed E-state index contributed by atoms with van der Waals surface area (Å²) in [6.45, 7) is 1.20. The zero-order valence-corrected chi connectivity index (χ0v) is 12.1. The van der Waals surface area contributed by atoms with Gasteiger partial charge in [-0.3, -0.25) is 19.0 Å². The maximum atomic E-state index is 12.5. The number of likely N-dealkylation sites (tertiary alicyclic amines) is 1. The van der Waals surface area contributed by atoms with E-state index in [1.165, 1.54) is 27.4 Å². The molecule has 1 N–H and O–H groups in total. The van der Waals surface area contributed by atoms with Gasteiger partial charge in [0.05, 0.1) is 5.92 Å². The Labute approximate surface area is 125 Å². The Hall–Kier alpha value is -1.83. The molecule has 112 valence electrons. The largest absolute Gasteiger partial charge is 0.481 e. The third-order valence-corrected chi connectivity index (χ3v) is 4.82. The molecule has 7 nitrogen and oxygen atoms in total. The third-order valence-electron chi connectivity index (χ3n) is 3.84. The van der Waals surface area contributed by atoms with Crippen molar-refractivity contribution in [1.29, 1.82) is 0 Å². The van der Waals surface area contributed by atoms with Gasteiger partial charge in [0.2, 0.25) is 0 Å². The van der Waals surface area contributed by atoms with Crippen molar-refractivity contribution in [3.63, 3.8) is 0 Å². The molecule has 3 rings (SSSR count). The van der Waals surface area contributed by atoms with Crippen LogP contribution < -0.4 is 5.56 Å². The Morgan fingerprint density at radius 1 is 1.38 bits per heavy atom. The summed E-state index contributed by atoms with van der Waals surface area (Å²) in [5.41, 5.74) is -0.292. The minimum absolute atomic E-state index is 0.0345. The quantitative estimate of drug-likeness (QED) is 0.789. The first kappa shape index (κ1) is 14.1. The van der Waals surface area contributed by atoms with Crippen LogP contribution in [0, 0.1) is 5.92 Å². The van der Waals surface area contributed by atoms with Gasteiger partial charge in [0.25, 0.3) is 11.5 Å². The second-order valence-electron chi connectivity index (χ2n) is 5.19. The Bertz CT molecular complexity index is 657. The normalized spacial score (nSPS) is 21.1. The highest BCUT2D eigenvalue weighted by Gasteiger charge is 2.30. The van der Waals surface area contributed by atoms with E-state index in [1.54, 1.807) is 0 Å². The molecule has 1 fully saturated rings. The smallest absolute Gasteiger partial charge is 0.308 e. The topological polar surface area (TPSA) is 92.5 Å². The minimum Gasteiger partial charge on any atom is -0.481 e. The fourth-order valence-electron chi connectivity index (χ4n) is 2.70. The van der Waals surface area contributed by atoms with Gasteiger partial charge in [-0.1, -0.05) is 11.8 Å². The molecule has 1 atom stereocenters. The van der Waals surface area contributed by atoms with E-state index < -0.39 is 17.8 Å². The van der Waals surface area contributed by atoms with Gasteiger partial charge in [-0.05, 0) is 12.8 Å².